The number of benzene rings is 1. The number of nitro benzene ring substituents is 1. The van der Waals surface area contributed by atoms with Crippen LogP contribution in [0.1, 0.15) is 0 Å². The fourth-order valence-electron chi connectivity index (χ4n) is 2.08. The van der Waals surface area contributed by atoms with E-state index in [1.165, 1.54) is 13.2 Å². The van der Waals surface area contributed by atoms with E-state index in [2.05, 4.69) is 5.32 Å². The van der Waals surface area contributed by atoms with Crippen LogP contribution in [0.4, 0.5) is 5.69 Å². The summed E-state index contributed by atoms with van der Waals surface area (Å²) in [5, 5.41) is 14.6. The van der Waals surface area contributed by atoms with Crippen LogP contribution in [0, 0.1) is 10.1 Å². The van der Waals surface area contributed by atoms with Gasteiger partial charge in [-0.3, -0.25) is 10.1 Å². The molecule has 1 aliphatic heterocycles. The van der Waals surface area contributed by atoms with Gasteiger partial charge in [-0.2, -0.15) is 0 Å². The molecule has 0 radical (unpaired) electrons. The summed E-state index contributed by atoms with van der Waals surface area (Å²) in [4.78, 5) is 10.3. The van der Waals surface area contributed by atoms with Crippen molar-refractivity contribution in [1.82, 2.24) is 5.32 Å². The molecule has 0 amide bonds. The molecule has 1 aromatic rings. The number of nitrogens with zero attached hydrogens (tertiary/aromatic N) is 1. The Balaban J connectivity index is 2.40. The lowest BCUT2D eigenvalue weighted by Crippen LogP contribution is -2.32. The van der Waals surface area contributed by atoms with Gasteiger partial charge in [0.1, 0.15) is 7.14 Å². The van der Waals surface area contributed by atoms with Gasteiger partial charge in [0.25, 0.3) is 0 Å². The summed E-state index contributed by atoms with van der Waals surface area (Å²) in [5.41, 5.74) is -0.0945. The van der Waals surface area contributed by atoms with E-state index in [0.29, 0.717) is 17.6 Å². The minimum Gasteiger partial charge on any atom is -0.490 e. The largest absolute Gasteiger partial charge is 0.490 e. The lowest BCUT2D eigenvalue weighted by atomic mass is 10.3. The maximum absolute atomic E-state index is 12.7. The molecule has 1 heterocycles. The molecule has 1 saturated heterocycles. The van der Waals surface area contributed by atoms with Gasteiger partial charge in [0, 0.05) is 36.8 Å². The molecule has 0 aliphatic carbocycles. The number of methoxy groups -OCH3 is 1. The van der Waals surface area contributed by atoms with E-state index in [-0.39, 0.29) is 11.4 Å². The van der Waals surface area contributed by atoms with Gasteiger partial charge in [-0.15, -0.1) is 0 Å². The van der Waals surface area contributed by atoms with E-state index in [1.54, 1.807) is 12.1 Å². The van der Waals surface area contributed by atoms with E-state index < -0.39 is 12.1 Å². The third kappa shape index (κ3) is 2.40. The second-order valence-corrected chi connectivity index (χ2v) is 7.39. The monoisotopic (exact) mass is 270 g/mol. The minimum absolute atomic E-state index is 0.0945. The standard InChI is InChI=1S/C11H15N2O4P/c1-17-11-8-9(2-3-10(11)13(14)15)18(16)6-4-12-5-7-18/h2-3,8,12H,4-7H2,1H3. The molecule has 0 bridgehead atoms. The average Bonchev–Trinajstić information content (AvgIpc) is 2.38. The molecule has 2 rings (SSSR count). The summed E-state index contributed by atoms with van der Waals surface area (Å²) < 4.78 is 17.7. The van der Waals surface area contributed by atoms with Crippen LogP contribution in [0.25, 0.3) is 0 Å². The molecule has 1 fully saturated rings. The zero-order valence-electron chi connectivity index (χ0n) is 10.1. The van der Waals surface area contributed by atoms with Crippen LogP contribution < -0.4 is 15.4 Å². The predicted molar refractivity (Wildman–Crippen MR) is 69.5 cm³/mol. The van der Waals surface area contributed by atoms with Crippen molar-refractivity contribution in [2.24, 2.45) is 0 Å². The van der Waals surface area contributed by atoms with Gasteiger partial charge in [0.15, 0.2) is 5.75 Å². The molecule has 0 spiro atoms. The second kappa shape index (κ2) is 5.08. The Hall–Kier alpha value is -1.39. The average molecular weight is 270 g/mol. The Bertz CT molecular complexity index is 508. The Morgan fingerprint density at radius 2 is 2.06 bits per heavy atom. The topological polar surface area (TPSA) is 81.5 Å². The molecule has 0 saturated carbocycles. The predicted octanol–water partition coefficient (Wildman–Crippen LogP) is 1.19. The van der Waals surface area contributed by atoms with E-state index in [1.807, 2.05) is 0 Å². The zero-order valence-corrected chi connectivity index (χ0v) is 11.0. The molecule has 98 valence electrons. The summed E-state index contributed by atoms with van der Waals surface area (Å²) in [6.45, 7) is 1.44. The molecule has 1 aliphatic rings. The van der Waals surface area contributed by atoms with Crippen LogP contribution in [0.5, 0.6) is 5.75 Å². The Morgan fingerprint density at radius 1 is 1.39 bits per heavy atom. The number of rotatable bonds is 3. The molecule has 1 aromatic carbocycles. The first-order valence-corrected chi connectivity index (χ1v) is 7.76. The Labute approximate surface area is 105 Å². The second-order valence-electron chi connectivity index (χ2n) is 4.20. The van der Waals surface area contributed by atoms with Gasteiger partial charge in [-0.05, 0) is 12.1 Å². The van der Waals surface area contributed by atoms with Crippen molar-refractivity contribution >= 4 is 18.1 Å². The third-order valence-electron chi connectivity index (χ3n) is 3.13. The van der Waals surface area contributed by atoms with E-state index >= 15 is 0 Å². The maximum atomic E-state index is 12.7. The van der Waals surface area contributed by atoms with Gasteiger partial charge in [-0.1, -0.05) is 0 Å². The normalized spacial score (nSPS) is 18.3. The van der Waals surface area contributed by atoms with Crippen LogP contribution in [0.2, 0.25) is 0 Å². The van der Waals surface area contributed by atoms with Crippen molar-refractivity contribution in [1.29, 1.82) is 0 Å². The maximum Gasteiger partial charge on any atom is 0.310 e. The Morgan fingerprint density at radius 3 is 2.61 bits per heavy atom. The number of hydrogen-bond donors (Lipinski definition) is 1. The van der Waals surface area contributed by atoms with Crippen LogP contribution in [0.15, 0.2) is 18.2 Å². The molecule has 18 heavy (non-hydrogen) atoms. The molecule has 0 aromatic heterocycles. The van der Waals surface area contributed by atoms with Crippen molar-refractivity contribution in [2.75, 3.05) is 32.5 Å². The van der Waals surface area contributed by atoms with Crippen molar-refractivity contribution in [2.45, 2.75) is 0 Å². The van der Waals surface area contributed by atoms with Gasteiger partial charge in [0.05, 0.1) is 12.0 Å². The van der Waals surface area contributed by atoms with Crippen molar-refractivity contribution in [3.63, 3.8) is 0 Å². The molecular formula is C11H15N2O4P. The number of ether oxygens (including phenoxy) is 1. The fraction of sp³-hybridized carbons (Fsp3) is 0.455. The summed E-state index contributed by atoms with van der Waals surface area (Å²) in [5.74, 6) is 0.172. The Kier molecular flexibility index (Phi) is 3.68. The van der Waals surface area contributed by atoms with Crippen LogP contribution >= 0.6 is 7.14 Å². The van der Waals surface area contributed by atoms with Crippen molar-refractivity contribution < 1.29 is 14.2 Å². The molecule has 0 unspecified atom stereocenters. The van der Waals surface area contributed by atoms with Crippen molar-refractivity contribution in [3.8, 4) is 5.75 Å². The van der Waals surface area contributed by atoms with Crippen LogP contribution in [-0.2, 0) is 4.57 Å². The first kappa shape index (κ1) is 13.1. The molecular weight excluding hydrogens is 255 g/mol. The number of hydrogen-bond acceptors (Lipinski definition) is 5. The third-order valence-corrected chi connectivity index (χ3v) is 6.24. The molecule has 7 heteroatoms. The SMILES string of the molecule is COc1cc(P2(=O)CCNCC2)ccc1[N+](=O)[O-]. The van der Waals surface area contributed by atoms with Gasteiger partial charge < -0.3 is 14.6 Å². The lowest BCUT2D eigenvalue weighted by molar-refractivity contribution is -0.385. The minimum atomic E-state index is -2.42. The smallest absolute Gasteiger partial charge is 0.310 e. The summed E-state index contributed by atoms with van der Waals surface area (Å²) in [7, 11) is -1.04. The van der Waals surface area contributed by atoms with E-state index in [4.69, 9.17) is 4.74 Å². The van der Waals surface area contributed by atoms with Gasteiger partial charge in [0.2, 0.25) is 0 Å². The highest BCUT2D eigenvalue weighted by Crippen LogP contribution is 2.46. The molecule has 0 atom stereocenters. The van der Waals surface area contributed by atoms with Crippen LogP contribution in [0.3, 0.4) is 0 Å². The first-order chi connectivity index (χ1) is 8.57. The highest BCUT2D eigenvalue weighted by Gasteiger charge is 2.29. The highest BCUT2D eigenvalue weighted by molar-refractivity contribution is 7.71. The highest BCUT2D eigenvalue weighted by atomic mass is 31.2. The number of nitrogens with one attached hydrogen (secondary N) is 1. The molecule has 1 N–H and O–H groups in total. The van der Waals surface area contributed by atoms with E-state index in [0.717, 1.165) is 13.1 Å². The van der Waals surface area contributed by atoms with Crippen molar-refractivity contribution in [3.05, 3.63) is 28.3 Å². The number of nitro groups is 1. The lowest BCUT2D eigenvalue weighted by Gasteiger charge is -2.24. The fourth-order valence-corrected chi connectivity index (χ4v) is 4.56. The quantitative estimate of drug-likeness (QED) is 0.507. The van der Waals surface area contributed by atoms with Gasteiger partial charge >= 0.3 is 5.69 Å². The summed E-state index contributed by atoms with van der Waals surface area (Å²) >= 11 is 0. The summed E-state index contributed by atoms with van der Waals surface area (Å²) in [6, 6.07) is 4.51. The van der Waals surface area contributed by atoms with E-state index in [9.17, 15) is 14.7 Å². The summed E-state index contributed by atoms with van der Waals surface area (Å²) in [6.07, 6.45) is 1.18. The van der Waals surface area contributed by atoms with Crippen LogP contribution in [-0.4, -0.2) is 37.4 Å². The molecule has 6 nitrogen and oxygen atoms in total. The van der Waals surface area contributed by atoms with Gasteiger partial charge in [-0.25, -0.2) is 0 Å². The first-order valence-electron chi connectivity index (χ1n) is 5.68. The zero-order chi connectivity index (χ0) is 13.2.